The zero-order valence-corrected chi connectivity index (χ0v) is 17.2. The fraction of sp³-hybridized carbons (Fsp3) is 0.952. The molecule has 1 saturated heterocycles. The second-order valence-corrected chi connectivity index (χ2v) is 9.06. The third-order valence-electron chi connectivity index (χ3n) is 6.16. The van der Waals surface area contributed by atoms with E-state index in [9.17, 15) is 4.79 Å². The Hall–Kier alpha value is -0.570. The third-order valence-corrected chi connectivity index (χ3v) is 6.16. The van der Waals surface area contributed by atoms with Gasteiger partial charge in [-0.3, -0.25) is 9.69 Å². The zero-order valence-electron chi connectivity index (χ0n) is 17.2. The van der Waals surface area contributed by atoms with Crippen LogP contribution in [-0.4, -0.2) is 46.9 Å². The number of hydrogen-bond donors (Lipinski definition) is 0. The molecular formula is C21H42N2O. The molecule has 0 atom stereocenters. The maximum Gasteiger partial charge on any atom is 0.209 e. The monoisotopic (exact) mass is 338 g/mol. The summed E-state index contributed by atoms with van der Waals surface area (Å²) in [5.74, 6) is 0. The van der Waals surface area contributed by atoms with Gasteiger partial charge in [-0.05, 0) is 54.0 Å². The van der Waals surface area contributed by atoms with Crippen LogP contribution in [0.15, 0.2) is 0 Å². The fourth-order valence-electron chi connectivity index (χ4n) is 4.30. The maximum atomic E-state index is 11.7. The van der Waals surface area contributed by atoms with E-state index in [0.717, 1.165) is 32.2 Å². The molecule has 0 aliphatic carbocycles. The number of piperidine rings is 1. The summed E-state index contributed by atoms with van der Waals surface area (Å²) >= 11 is 0. The number of likely N-dealkylation sites (tertiary alicyclic amines) is 1. The van der Waals surface area contributed by atoms with Gasteiger partial charge >= 0.3 is 0 Å². The van der Waals surface area contributed by atoms with Crippen LogP contribution >= 0.6 is 0 Å². The molecule has 3 nitrogen and oxygen atoms in total. The minimum atomic E-state index is 0.146. The lowest BCUT2D eigenvalue weighted by molar-refractivity contribution is -0.125. The molecule has 1 aliphatic rings. The molecule has 3 heteroatoms. The van der Waals surface area contributed by atoms with E-state index in [1.165, 1.54) is 44.9 Å². The Bertz CT molecular complexity index is 347. The normalized spacial score (nSPS) is 20.9. The molecule has 0 unspecified atom stereocenters. The summed E-state index contributed by atoms with van der Waals surface area (Å²) in [5.41, 5.74) is 0.292. The zero-order chi connectivity index (χ0) is 18.2. The van der Waals surface area contributed by atoms with Crippen LogP contribution in [0.5, 0.6) is 0 Å². The predicted molar refractivity (Wildman–Crippen MR) is 104 cm³/mol. The number of carbonyl (C=O) groups excluding carboxylic acids is 1. The van der Waals surface area contributed by atoms with Gasteiger partial charge in [0.2, 0.25) is 6.41 Å². The number of amides is 1. The first-order chi connectivity index (χ1) is 11.2. The Morgan fingerprint density at radius 1 is 0.917 bits per heavy atom. The highest BCUT2D eigenvalue weighted by Gasteiger charge is 2.44. The average molecular weight is 339 g/mol. The Morgan fingerprint density at radius 2 is 1.38 bits per heavy atom. The first kappa shape index (κ1) is 21.5. The molecule has 1 heterocycles. The summed E-state index contributed by atoms with van der Waals surface area (Å²) in [4.78, 5) is 16.2. The molecular weight excluding hydrogens is 296 g/mol. The quantitative estimate of drug-likeness (QED) is 0.380. The smallest absolute Gasteiger partial charge is 0.209 e. The molecule has 0 spiro atoms. The summed E-state index contributed by atoms with van der Waals surface area (Å²) in [6.45, 7) is 12.4. The number of hydrogen-bond acceptors (Lipinski definition) is 2. The summed E-state index contributed by atoms with van der Waals surface area (Å²) in [7, 11) is 2.22. The highest BCUT2D eigenvalue weighted by molar-refractivity contribution is 5.48. The van der Waals surface area contributed by atoms with Gasteiger partial charge in [-0.1, -0.05) is 51.9 Å². The van der Waals surface area contributed by atoms with Gasteiger partial charge in [0.25, 0.3) is 0 Å². The van der Waals surface area contributed by atoms with E-state index >= 15 is 0 Å². The first-order valence-electron chi connectivity index (χ1n) is 10.2. The molecule has 0 aromatic rings. The third kappa shape index (κ3) is 6.38. The highest BCUT2D eigenvalue weighted by Crippen LogP contribution is 2.38. The second kappa shape index (κ2) is 9.79. The van der Waals surface area contributed by atoms with E-state index in [0.29, 0.717) is 6.04 Å². The Labute approximate surface area is 151 Å². The summed E-state index contributed by atoms with van der Waals surface area (Å²) in [5, 5.41) is 0. The molecule has 0 bridgehead atoms. The molecule has 1 fully saturated rings. The highest BCUT2D eigenvalue weighted by atomic mass is 16.1. The van der Waals surface area contributed by atoms with Crippen LogP contribution in [0, 0.1) is 0 Å². The number of nitrogens with zero attached hydrogens (tertiary/aromatic N) is 2. The van der Waals surface area contributed by atoms with Crippen molar-refractivity contribution in [3.63, 3.8) is 0 Å². The van der Waals surface area contributed by atoms with E-state index in [2.05, 4.69) is 51.5 Å². The average Bonchev–Trinajstić information content (AvgIpc) is 2.50. The van der Waals surface area contributed by atoms with Gasteiger partial charge in [0.05, 0.1) is 0 Å². The van der Waals surface area contributed by atoms with Crippen molar-refractivity contribution >= 4 is 6.41 Å². The Kier molecular flexibility index (Phi) is 8.76. The van der Waals surface area contributed by atoms with E-state index in [4.69, 9.17) is 0 Å². The minimum absolute atomic E-state index is 0.146. The molecule has 0 aromatic heterocycles. The minimum Gasteiger partial charge on any atom is -0.342 e. The van der Waals surface area contributed by atoms with Crippen molar-refractivity contribution < 1.29 is 4.79 Å². The Balaban J connectivity index is 2.37. The summed E-state index contributed by atoms with van der Waals surface area (Å²) < 4.78 is 0. The molecule has 0 radical (unpaired) electrons. The van der Waals surface area contributed by atoms with Crippen molar-refractivity contribution in [2.24, 2.45) is 0 Å². The number of rotatable bonds is 11. The molecule has 1 aliphatic heterocycles. The van der Waals surface area contributed by atoms with Crippen LogP contribution in [0.3, 0.4) is 0 Å². The van der Waals surface area contributed by atoms with Gasteiger partial charge in [-0.25, -0.2) is 0 Å². The van der Waals surface area contributed by atoms with Crippen LogP contribution in [-0.2, 0) is 4.79 Å². The lowest BCUT2D eigenvalue weighted by Gasteiger charge is -2.55. The van der Waals surface area contributed by atoms with Gasteiger partial charge in [0, 0.05) is 23.7 Å². The van der Waals surface area contributed by atoms with Crippen molar-refractivity contribution in [3.05, 3.63) is 0 Å². The second-order valence-electron chi connectivity index (χ2n) is 9.06. The van der Waals surface area contributed by atoms with Gasteiger partial charge in [0.1, 0.15) is 0 Å². The summed E-state index contributed by atoms with van der Waals surface area (Å²) in [6, 6.07) is 0.383. The van der Waals surface area contributed by atoms with Crippen molar-refractivity contribution in [1.29, 1.82) is 0 Å². The fourth-order valence-corrected chi connectivity index (χ4v) is 4.30. The standard InChI is InChI=1S/C21H42N2O/c1-7-8-9-10-11-12-13-14-15-23(18-24)19-16-20(2,3)22(6)21(4,5)17-19/h18-19H,7-17H2,1-6H3. The molecule has 24 heavy (non-hydrogen) atoms. The summed E-state index contributed by atoms with van der Waals surface area (Å²) in [6.07, 6.45) is 13.8. The molecule has 0 saturated carbocycles. The topological polar surface area (TPSA) is 23.6 Å². The number of unbranched alkanes of at least 4 members (excludes halogenated alkanes) is 7. The van der Waals surface area contributed by atoms with Crippen LogP contribution in [0.1, 0.15) is 98.8 Å². The van der Waals surface area contributed by atoms with E-state index < -0.39 is 0 Å². The Morgan fingerprint density at radius 3 is 1.83 bits per heavy atom. The molecule has 0 aromatic carbocycles. The van der Waals surface area contributed by atoms with Crippen LogP contribution in [0.2, 0.25) is 0 Å². The number of carbonyl (C=O) groups is 1. The van der Waals surface area contributed by atoms with Crippen molar-refractivity contribution in [2.75, 3.05) is 13.6 Å². The van der Waals surface area contributed by atoms with E-state index in [-0.39, 0.29) is 11.1 Å². The molecule has 1 amide bonds. The first-order valence-corrected chi connectivity index (χ1v) is 10.2. The van der Waals surface area contributed by atoms with Crippen molar-refractivity contribution in [2.45, 2.75) is 116 Å². The van der Waals surface area contributed by atoms with Gasteiger partial charge in [-0.15, -0.1) is 0 Å². The SMILES string of the molecule is CCCCCCCCCCN(C=O)C1CC(C)(C)N(C)C(C)(C)C1. The van der Waals surface area contributed by atoms with Crippen molar-refractivity contribution in [1.82, 2.24) is 9.80 Å². The van der Waals surface area contributed by atoms with Gasteiger partial charge in [0.15, 0.2) is 0 Å². The van der Waals surface area contributed by atoms with Gasteiger partial charge < -0.3 is 4.90 Å². The van der Waals surface area contributed by atoms with Crippen LogP contribution in [0.25, 0.3) is 0 Å². The molecule has 0 N–H and O–H groups in total. The molecule has 1 rings (SSSR count). The van der Waals surface area contributed by atoms with E-state index in [1.807, 2.05) is 0 Å². The lowest BCUT2D eigenvalue weighted by atomic mass is 9.77. The van der Waals surface area contributed by atoms with Gasteiger partial charge in [-0.2, -0.15) is 0 Å². The van der Waals surface area contributed by atoms with Crippen molar-refractivity contribution in [3.8, 4) is 0 Å². The predicted octanol–water partition coefficient (Wildman–Crippen LogP) is 5.24. The maximum absolute atomic E-state index is 11.7. The largest absolute Gasteiger partial charge is 0.342 e. The van der Waals surface area contributed by atoms with Crippen LogP contribution in [0.4, 0.5) is 0 Å². The lowest BCUT2D eigenvalue weighted by Crippen LogP contribution is -2.62. The molecule has 142 valence electrons. The van der Waals surface area contributed by atoms with E-state index in [1.54, 1.807) is 0 Å². The van der Waals surface area contributed by atoms with Crippen LogP contribution < -0.4 is 0 Å².